The van der Waals surface area contributed by atoms with Gasteiger partial charge in [-0.05, 0) is 43.4 Å². The lowest BCUT2D eigenvalue weighted by Gasteiger charge is -2.08. The highest BCUT2D eigenvalue weighted by molar-refractivity contribution is 6.30. The molecule has 0 aliphatic heterocycles. The van der Waals surface area contributed by atoms with Crippen LogP contribution >= 0.6 is 11.6 Å². The molecule has 1 atom stereocenters. The quantitative estimate of drug-likeness (QED) is 0.842. The Bertz CT molecular complexity index is 337. The summed E-state index contributed by atoms with van der Waals surface area (Å²) in [6.45, 7) is 3.88. The fourth-order valence-electron chi connectivity index (χ4n) is 1.50. The molecule has 3 heteroatoms. The van der Waals surface area contributed by atoms with Crippen LogP contribution in [-0.2, 0) is 12.8 Å². The van der Waals surface area contributed by atoms with Gasteiger partial charge in [-0.2, -0.15) is 0 Å². The van der Waals surface area contributed by atoms with E-state index < -0.39 is 0 Å². The third-order valence-corrected chi connectivity index (χ3v) is 2.71. The molecule has 0 unspecified atom stereocenters. The van der Waals surface area contributed by atoms with Crippen LogP contribution in [0.5, 0.6) is 0 Å². The van der Waals surface area contributed by atoms with E-state index in [-0.39, 0.29) is 16.9 Å². The van der Waals surface area contributed by atoms with E-state index in [0.29, 0.717) is 12.0 Å². The molecule has 0 heterocycles. The van der Waals surface area contributed by atoms with Crippen LogP contribution in [0.3, 0.4) is 0 Å². The van der Waals surface area contributed by atoms with Crippen molar-refractivity contribution in [1.29, 1.82) is 0 Å². The van der Waals surface area contributed by atoms with Crippen LogP contribution < -0.4 is 5.73 Å². The number of benzene rings is 1. The number of aryl methyl sites for hydroxylation is 2. The van der Waals surface area contributed by atoms with Crippen molar-refractivity contribution in [2.75, 3.05) is 0 Å². The summed E-state index contributed by atoms with van der Waals surface area (Å²) in [5.74, 6) is -0.288. The van der Waals surface area contributed by atoms with Crippen LogP contribution in [-0.4, -0.2) is 6.04 Å². The molecule has 1 rings (SSSR count). The Morgan fingerprint density at radius 3 is 2.67 bits per heavy atom. The molecule has 0 fully saturated rings. The summed E-state index contributed by atoms with van der Waals surface area (Å²) >= 11 is 5.81. The molecule has 0 radical (unpaired) electrons. The minimum Gasteiger partial charge on any atom is -0.328 e. The molecule has 0 bridgehead atoms. The zero-order chi connectivity index (χ0) is 11.4. The molecule has 1 aromatic carbocycles. The average Bonchev–Trinajstić information content (AvgIpc) is 2.19. The van der Waals surface area contributed by atoms with Gasteiger partial charge in [-0.15, -0.1) is 0 Å². The van der Waals surface area contributed by atoms with Crippen molar-refractivity contribution in [3.63, 3.8) is 0 Å². The predicted molar refractivity (Wildman–Crippen MR) is 62.8 cm³/mol. The molecule has 0 saturated carbocycles. The highest BCUT2D eigenvalue weighted by Gasteiger charge is 2.08. The molecular formula is C12H17ClFN. The number of rotatable bonds is 4. The normalized spacial score (nSPS) is 12.9. The number of hydrogen-bond donors (Lipinski definition) is 1. The molecular weight excluding hydrogens is 213 g/mol. The summed E-state index contributed by atoms with van der Waals surface area (Å²) in [4.78, 5) is 0. The zero-order valence-electron chi connectivity index (χ0n) is 9.19. The molecule has 84 valence electrons. The van der Waals surface area contributed by atoms with Gasteiger partial charge in [0.2, 0.25) is 0 Å². The molecule has 15 heavy (non-hydrogen) atoms. The number of halogens is 2. The summed E-state index contributed by atoms with van der Waals surface area (Å²) in [5, 5.41) is 0.217. The van der Waals surface area contributed by atoms with Crippen LogP contribution in [0.4, 0.5) is 4.39 Å². The predicted octanol–water partition coefficient (Wildman–Crippen LogP) is 3.32. The summed E-state index contributed by atoms with van der Waals surface area (Å²) < 4.78 is 13.4. The Labute approximate surface area is 95.4 Å². The molecule has 0 amide bonds. The van der Waals surface area contributed by atoms with Crippen molar-refractivity contribution in [3.8, 4) is 0 Å². The fourth-order valence-corrected chi connectivity index (χ4v) is 1.77. The Morgan fingerprint density at radius 1 is 1.47 bits per heavy atom. The van der Waals surface area contributed by atoms with Crippen LogP contribution in [0.15, 0.2) is 12.1 Å². The summed E-state index contributed by atoms with van der Waals surface area (Å²) in [6, 6.07) is 3.74. The maximum Gasteiger partial charge on any atom is 0.144 e. The standard InChI is InChI=1S/C12H17ClFN/c1-3-10-6-9(5-4-8(2)15)7-11(13)12(10)14/h6-8H,3-5,15H2,1-2H3/t8-/m0/s1. The first-order valence-corrected chi connectivity index (χ1v) is 5.64. The molecule has 0 aliphatic rings. The Balaban J connectivity index is 2.86. The van der Waals surface area contributed by atoms with Gasteiger partial charge in [0.25, 0.3) is 0 Å². The molecule has 0 aliphatic carbocycles. The molecule has 0 aromatic heterocycles. The van der Waals surface area contributed by atoms with Crippen molar-refractivity contribution < 1.29 is 4.39 Å². The summed E-state index contributed by atoms with van der Waals surface area (Å²) in [7, 11) is 0. The van der Waals surface area contributed by atoms with Crippen molar-refractivity contribution in [2.45, 2.75) is 39.2 Å². The van der Waals surface area contributed by atoms with Crippen LogP contribution in [0.25, 0.3) is 0 Å². The summed E-state index contributed by atoms with van der Waals surface area (Å²) in [5.41, 5.74) is 7.42. The second-order valence-corrected chi connectivity index (χ2v) is 4.33. The van der Waals surface area contributed by atoms with Crippen LogP contribution in [0, 0.1) is 5.82 Å². The first-order chi connectivity index (χ1) is 7.04. The van der Waals surface area contributed by atoms with Gasteiger partial charge in [0.15, 0.2) is 0 Å². The molecule has 0 saturated heterocycles. The van der Waals surface area contributed by atoms with Gasteiger partial charge in [0.1, 0.15) is 5.82 Å². The van der Waals surface area contributed by atoms with Crippen molar-refractivity contribution in [2.24, 2.45) is 5.73 Å². The maximum atomic E-state index is 13.4. The van der Waals surface area contributed by atoms with E-state index in [1.165, 1.54) is 0 Å². The van der Waals surface area contributed by atoms with Crippen molar-refractivity contribution in [1.82, 2.24) is 0 Å². The van der Waals surface area contributed by atoms with E-state index in [2.05, 4.69) is 0 Å². The van der Waals surface area contributed by atoms with Gasteiger partial charge in [0.05, 0.1) is 5.02 Å². The second kappa shape index (κ2) is 5.47. The fraction of sp³-hybridized carbons (Fsp3) is 0.500. The summed E-state index contributed by atoms with van der Waals surface area (Å²) in [6.07, 6.45) is 2.41. The lowest BCUT2D eigenvalue weighted by Crippen LogP contribution is -2.15. The van der Waals surface area contributed by atoms with E-state index in [9.17, 15) is 4.39 Å². The second-order valence-electron chi connectivity index (χ2n) is 3.92. The Kier molecular flexibility index (Phi) is 4.55. The van der Waals surface area contributed by atoms with E-state index in [1.54, 1.807) is 6.07 Å². The molecule has 0 spiro atoms. The lowest BCUT2D eigenvalue weighted by atomic mass is 10.0. The highest BCUT2D eigenvalue weighted by Crippen LogP contribution is 2.22. The minimum absolute atomic E-state index is 0.166. The first-order valence-electron chi connectivity index (χ1n) is 5.27. The van der Waals surface area contributed by atoms with Gasteiger partial charge in [-0.3, -0.25) is 0 Å². The average molecular weight is 230 g/mol. The third-order valence-electron chi connectivity index (χ3n) is 2.43. The Hall–Kier alpha value is -0.600. The number of nitrogens with two attached hydrogens (primary N) is 1. The van der Waals surface area contributed by atoms with Gasteiger partial charge in [0, 0.05) is 6.04 Å². The van der Waals surface area contributed by atoms with Crippen molar-refractivity contribution >= 4 is 11.6 Å². The smallest absolute Gasteiger partial charge is 0.144 e. The molecule has 2 N–H and O–H groups in total. The monoisotopic (exact) mass is 229 g/mol. The van der Waals surface area contributed by atoms with Gasteiger partial charge in [-0.1, -0.05) is 24.6 Å². The minimum atomic E-state index is -0.288. The van der Waals surface area contributed by atoms with Gasteiger partial charge < -0.3 is 5.73 Å². The van der Waals surface area contributed by atoms with E-state index >= 15 is 0 Å². The van der Waals surface area contributed by atoms with Gasteiger partial charge >= 0.3 is 0 Å². The van der Waals surface area contributed by atoms with Crippen LogP contribution in [0.1, 0.15) is 31.4 Å². The molecule has 1 nitrogen and oxygen atoms in total. The SMILES string of the molecule is CCc1cc(CC[C@H](C)N)cc(Cl)c1F. The number of hydrogen-bond acceptors (Lipinski definition) is 1. The first kappa shape index (κ1) is 12.5. The zero-order valence-corrected chi connectivity index (χ0v) is 9.94. The third kappa shape index (κ3) is 3.47. The maximum absolute atomic E-state index is 13.4. The van der Waals surface area contributed by atoms with E-state index in [4.69, 9.17) is 17.3 Å². The topological polar surface area (TPSA) is 26.0 Å². The van der Waals surface area contributed by atoms with Gasteiger partial charge in [-0.25, -0.2) is 4.39 Å². The largest absolute Gasteiger partial charge is 0.328 e. The highest BCUT2D eigenvalue weighted by atomic mass is 35.5. The van der Waals surface area contributed by atoms with E-state index in [1.807, 2.05) is 19.9 Å². The van der Waals surface area contributed by atoms with E-state index in [0.717, 1.165) is 18.4 Å². The Morgan fingerprint density at radius 2 is 2.13 bits per heavy atom. The molecule has 1 aromatic rings. The van der Waals surface area contributed by atoms with Crippen molar-refractivity contribution in [3.05, 3.63) is 34.1 Å². The lowest BCUT2D eigenvalue weighted by molar-refractivity contribution is 0.609. The van der Waals surface area contributed by atoms with Crippen LogP contribution in [0.2, 0.25) is 5.02 Å².